The molecule has 0 aliphatic carbocycles. The molecule has 22 heavy (non-hydrogen) atoms. The van der Waals surface area contributed by atoms with Crippen molar-refractivity contribution in [3.05, 3.63) is 65.7 Å². The number of para-hydroxylation sites is 1. The molecule has 0 aromatic heterocycles. The Morgan fingerprint density at radius 2 is 1.68 bits per heavy atom. The van der Waals surface area contributed by atoms with Crippen LogP contribution in [-0.4, -0.2) is 18.3 Å². The zero-order valence-corrected chi connectivity index (χ0v) is 12.2. The zero-order valence-electron chi connectivity index (χ0n) is 12.2. The first-order valence-electron chi connectivity index (χ1n) is 7.07. The number of ether oxygens (including phenoxy) is 1. The minimum atomic E-state index is -2.86. The van der Waals surface area contributed by atoms with Gasteiger partial charge in [0.05, 0.1) is 12.6 Å². The number of aliphatic hydroxyl groups excluding tert-OH is 1. The van der Waals surface area contributed by atoms with Gasteiger partial charge in [-0.05, 0) is 18.6 Å². The van der Waals surface area contributed by atoms with E-state index >= 15 is 0 Å². The van der Waals surface area contributed by atoms with Gasteiger partial charge in [0.2, 0.25) is 0 Å². The zero-order chi connectivity index (χ0) is 15.9. The van der Waals surface area contributed by atoms with Gasteiger partial charge < -0.3 is 15.2 Å². The van der Waals surface area contributed by atoms with Gasteiger partial charge in [-0.25, -0.2) is 0 Å². The van der Waals surface area contributed by atoms with Gasteiger partial charge in [0.25, 0.3) is 0 Å². The molecule has 1 unspecified atom stereocenters. The van der Waals surface area contributed by atoms with Crippen LogP contribution in [-0.2, 0) is 0 Å². The van der Waals surface area contributed by atoms with Crippen LogP contribution < -0.4 is 10.1 Å². The van der Waals surface area contributed by atoms with Crippen LogP contribution in [0.2, 0.25) is 0 Å². The average molecular weight is 307 g/mol. The SMILES string of the molecule is CC(N[C@H](CO)c1ccccc1)c1ccccc1OC(F)F. The highest BCUT2D eigenvalue weighted by Gasteiger charge is 2.18. The van der Waals surface area contributed by atoms with E-state index in [0.29, 0.717) is 5.56 Å². The molecule has 0 spiro atoms. The normalized spacial score (nSPS) is 13.9. The molecular weight excluding hydrogens is 288 g/mol. The summed E-state index contributed by atoms with van der Waals surface area (Å²) in [6, 6.07) is 15.6. The van der Waals surface area contributed by atoms with Crippen LogP contribution in [0.25, 0.3) is 0 Å². The molecule has 0 heterocycles. The Bertz CT molecular complexity index is 578. The van der Waals surface area contributed by atoms with E-state index in [0.717, 1.165) is 5.56 Å². The molecule has 0 fully saturated rings. The van der Waals surface area contributed by atoms with Crippen LogP contribution in [0, 0.1) is 0 Å². The van der Waals surface area contributed by atoms with Gasteiger partial charge in [-0.2, -0.15) is 8.78 Å². The summed E-state index contributed by atoms with van der Waals surface area (Å²) in [6.07, 6.45) is 0. The summed E-state index contributed by atoms with van der Waals surface area (Å²) < 4.78 is 29.5. The lowest BCUT2D eigenvalue weighted by Crippen LogP contribution is -2.27. The molecule has 2 atom stereocenters. The molecule has 118 valence electrons. The van der Waals surface area contributed by atoms with Crippen molar-refractivity contribution in [3.63, 3.8) is 0 Å². The van der Waals surface area contributed by atoms with Crippen molar-refractivity contribution in [3.8, 4) is 5.75 Å². The number of nitrogens with one attached hydrogen (secondary N) is 1. The summed E-state index contributed by atoms with van der Waals surface area (Å²) >= 11 is 0. The highest BCUT2D eigenvalue weighted by atomic mass is 19.3. The predicted molar refractivity (Wildman–Crippen MR) is 80.9 cm³/mol. The molecule has 0 amide bonds. The molecule has 2 aromatic rings. The van der Waals surface area contributed by atoms with E-state index in [-0.39, 0.29) is 24.4 Å². The van der Waals surface area contributed by atoms with Gasteiger partial charge in [0.1, 0.15) is 5.75 Å². The molecule has 3 nitrogen and oxygen atoms in total. The lowest BCUT2D eigenvalue weighted by molar-refractivity contribution is -0.0507. The Morgan fingerprint density at radius 1 is 1.05 bits per heavy atom. The second-order valence-electron chi connectivity index (χ2n) is 4.95. The Balaban J connectivity index is 2.16. The fourth-order valence-corrected chi connectivity index (χ4v) is 2.37. The molecular formula is C17H19F2NO2. The summed E-state index contributed by atoms with van der Waals surface area (Å²) in [4.78, 5) is 0. The lowest BCUT2D eigenvalue weighted by Gasteiger charge is -2.24. The predicted octanol–water partition coefficient (Wildman–Crippen LogP) is 3.67. The number of halogens is 2. The van der Waals surface area contributed by atoms with Gasteiger partial charge in [-0.3, -0.25) is 0 Å². The maximum absolute atomic E-state index is 12.5. The van der Waals surface area contributed by atoms with Crippen molar-refractivity contribution in [2.24, 2.45) is 0 Å². The monoisotopic (exact) mass is 307 g/mol. The van der Waals surface area contributed by atoms with Gasteiger partial charge in [0, 0.05) is 11.6 Å². The van der Waals surface area contributed by atoms with E-state index in [9.17, 15) is 13.9 Å². The number of alkyl halides is 2. The van der Waals surface area contributed by atoms with Crippen molar-refractivity contribution in [1.29, 1.82) is 0 Å². The standard InChI is InChI=1S/C17H19F2NO2/c1-12(14-9-5-6-10-16(14)22-17(18)19)20-15(11-21)13-7-3-2-4-8-13/h2-10,12,15,17,20-21H,11H2,1H3/t12?,15-/m1/s1. The van der Waals surface area contributed by atoms with Crippen LogP contribution >= 0.6 is 0 Å². The summed E-state index contributed by atoms with van der Waals surface area (Å²) in [7, 11) is 0. The molecule has 2 rings (SSSR count). The summed E-state index contributed by atoms with van der Waals surface area (Å²) in [5.74, 6) is 0.141. The van der Waals surface area contributed by atoms with Gasteiger partial charge >= 0.3 is 6.61 Å². The van der Waals surface area contributed by atoms with E-state index in [1.54, 1.807) is 18.2 Å². The van der Waals surface area contributed by atoms with E-state index in [2.05, 4.69) is 10.1 Å². The van der Waals surface area contributed by atoms with Crippen LogP contribution in [0.1, 0.15) is 30.1 Å². The Hall–Kier alpha value is -1.98. The third kappa shape index (κ3) is 4.26. The first kappa shape index (κ1) is 16.4. The molecule has 0 aliphatic heterocycles. The minimum Gasteiger partial charge on any atom is -0.434 e. The van der Waals surface area contributed by atoms with Crippen molar-refractivity contribution < 1.29 is 18.6 Å². The number of rotatable bonds is 7. The number of aliphatic hydroxyl groups is 1. The van der Waals surface area contributed by atoms with Crippen molar-refractivity contribution in [1.82, 2.24) is 5.32 Å². The molecule has 2 N–H and O–H groups in total. The van der Waals surface area contributed by atoms with Gasteiger partial charge in [-0.1, -0.05) is 48.5 Å². The summed E-state index contributed by atoms with van der Waals surface area (Å²) in [5.41, 5.74) is 1.56. The molecule has 5 heteroatoms. The van der Waals surface area contributed by atoms with E-state index < -0.39 is 6.61 Å². The maximum atomic E-state index is 12.5. The summed E-state index contributed by atoms with van der Waals surface area (Å²) in [6.45, 7) is -1.11. The molecule has 0 saturated carbocycles. The molecule has 2 aromatic carbocycles. The molecule has 0 bridgehead atoms. The van der Waals surface area contributed by atoms with E-state index in [1.165, 1.54) is 6.07 Å². The van der Waals surface area contributed by atoms with Crippen molar-refractivity contribution in [2.75, 3.05) is 6.61 Å². The topological polar surface area (TPSA) is 41.5 Å². The molecule has 0 saturated heterocycles. The first-order chi connectivity index (χ1) is 10.6. The second-order valence-corrected chi connectivity index (χ2v) is 4.95. The van der Waals surface area contributed by atoms with E-state index in [1.807, 2.05) is 37.3 Å². The quantitative estimate of drug-likeness (QED) is 0.820. The lowest BCUT2D eigenvalue weighted by atomic mass is 10.0. The second kappa shape index (κ2) is 7.87. The number of hydrogen-bond acceptors (Lipinski definition) is 3. The van der Waals surface area contributed by atoms with Crippen LogP contribution in [0.5, 0.6) is 5.75 Å². The minimum absolute atomic E-state index is 0.0910. The molecule has 0 aliphatic rings. The smallest absolute Gasteiger partial charge is 0.387 e. The van der Waals surface area contributed by atoms with Crippen LogP contribution in [0.15, 0.2) is 54.6 Å². The van der Waals surface area contributed by atoms with Crippen molar-refractivity contribution in [2.45, 2.75) is 25.6 Å². The van der Waals surface area contributed by atoms with Crippen LogP contribution in [0.3, 0.4) is 0 Å². The largest absolute Gasteiger partial charge is 0.434 e. The third-order valence-electron chi connectivity index (χ3n) is 3.44. The fraction of sp³-hybridized carbons (Fsp3) is 0.294. The Labute approximate surface area is 128 Å². The highest BCUT2D eigenvalue weighted by Crippen LogP contribution is 2.28. The summed E-state index contributed by atoms with van der Waals surface area (Å²) in [5, 5.41) is 12.8. The maximum Gasteiger partial charge on any atom is 0.387 e. The molecule has 0 radical (unpaired) electrons. The number of hydrogen-bond donors (Lipinski definition) is 2. The van der Waals surface area contributed by atoms with E-state index in [4.69, 9.17) is 0 Å². The third-order valence-corrected chi connectivity index (χ3v) is 3.44. The fourth-order valence-electron chi connectivity index (χ4n) is 2.37. The van der Waals surface area contributed by atoms with Crippen LogP contribution in [0.4, 0.5) is 8.78 Å². The Kier molecular flexibility index (Phi) is 5.86. The van der Waals surface area contributed by atoms with Gasteiger partial charge in [-0.15, -0.1) is 0 Å². The first-order valence-corrected chi connectivity index (χ1v) is 7.07. The van der Waals surface area contributed by atoms with Gasteiger partial charge in [0.15, 0.2) is 0 Å². The van der Waals surface area contributed by atoms with Crippen molar-refractivity contribution >= 4 is 0 Å². The average Bonchev–Trinajstić information content (AvgIpc) is 2.53. The number of benzene rings is 2. The Morgan fingerprint density at radius 3 is 2.32 bits per heavy atom. The highest BCUT2D eigenvalue weighted by molar-refractivity contribution is 5.36.